The van der Waals surface area contributed by atoms with Crippen molar-refractivity contribution in [2.45, 2.75) is 56.5 Å². The van der Waals surface area contributed by atoms with E-state index in [1.165, 1.54) is 24.2 Å². The van der Waals surface area contributed by atoms with Crippen LogP contribution < -0.4 is 5.32 Å². The van der Waals surface area contributed by atoms with E-state index in [1.54, 1.807) is 12.1 Å². The molecule has 2 saturated heterocycles. The van der Waals surface area contributed by atoms with Crippen molar-refractivity contribution in [1.82, 2.24) is 10.2 Å². The van der Waals surface area contributed by atoms with Gasteiger partial charge in [-0.25, -0.2) is 9.59 Å². The van der Waals surface area contributed by atoms with Crippen LogP contribution in [0.15, 0.2) is 42.5 Å². The van der Waals surface area contributed by atoms with Crippen molar-refractivity contribution in [1.29, 1.82) is 0 Å². The van der Waals surface area contributed by atoms with E-state index in [4.69, 9.17) is 9.84 Å². The van der Waals surface area contributed by atoms with Crippen LogP contribution in [0, 0.1) is 0 Å². The number of hydrogen-bond donors (Lipinski definition) is 2. The predicted octanol–water partition coefficient (Wildman–Crippen LogP) is 3.45. The van der Waals surface area contributed by atoms with Gasteiger partial charge in [0.2, 0.25) is 0 Å². The fraction of sp³-hybridized carbons (Fsp3) is 0.455. The standard InChI is InChI=1S/C22H26N2O4S/c1-24-15-7-8-16(24)12-17(11-15)28-22(27)20(14-5-3-2-4-6-14)23-13-18-9-10-19(29-18)21(25)26/h2-6,9-10,15-17,20,23H,7-8,11-13H2,1H3,(H,25,26). The van der Waals surface area contributed by atoms with Crippen LogP contribution in [0.1, 0.15) is 51.8 Å². The lowest BCUT2D eigenvalue weighted by Crippen LogP contribution is -2.44. The summed E-state index contributed by atoms with van der Waals surface area (Å²) in [5.41, 5.74) is 0.850. The van der Waals surface area contributed by atoms with Crippen molar-refractivity contribution in [3.63, 3.8) is 0 Å². The Morgan fingerprint density at radius 3 is 2.48 bits per heavy atom. The normalized spacial score (nSPS) is 24.9. The van der Waals surface area contributed by atoms with E-state index in [-0.39, 0.29) is 12.1 Å². The summed E-state index contributed by atoms with van der Waals surface area (Å²) < 4.78 is 5.95. The molecule has 2 fully saturated rings. The van der Waals surface area contributed by atoms with Gasteiger partial charge >= 0.3 is 11.9 Å². The van der Waals surface area contributed by atoms with E-state index >= 15 is 0 Å². The van der Waals surface area contributed by atoms with Gasteiger partial charge in [0.15, 0.2) is 0 Å². The van der Waals surface area contributed by atoms with Gasteiger partial charge in [-0.3, -0.25) is 5.32 Å². The molecule has 3 heterocycles. The van der Waals surface area contributed by atoms with Gasteiger partial charge in [-0.1, -0.05) is 30.3 Å². The van der Waals surface area contributed by atoms with Gasteiger partial charge in [0.25, 0.3) is 0 Å². The van der Waals surface area contributed by atoms with E-state index in [0.29, 0.717) is 23.5 Å². The predicted molar refractivity (Wildman–Crippen MR) is 111 cm³/mol. The van der Waals surface area contributed by atoms with E-state index in [0.717, 1.165) is 23.3 Å². The van der Waals surface area contributed by atoms with Crippen molar-refractivity contribution in [2.24, 2.45) is 0 Å². The van der Waals surface area contributed by atoms with E-state index in [2.05, 4.69) is 17.3 Å². The monoisotopic (exact) mass is 414 g/mol. The highest BCUT2D eigenvalue weighted by atomic mass is 32.1. The molecule has 0 radical (unpaired) electrons. The maximum atomic E-state index is 13.1. The van der Waals surface area contributed by atoms with Crippen molar-refractivity contribution < 1.29 is 19.4 Å². The first-order chi connectivity index (χ1) is 14.0. The van der Waals surface area contributed by atoms with Gasteiger partial charge in [0.1, 0.15) is 17.0 Å². The first kappa shape index (κ1) is 20.1. The Kier molecular flexibility index (Phi) is 5.99. The highest BCUT2D eigenvalue weighted by Crippen LogP contribution is 2.36. The van der Waals surface area contributed by atoms with Gasteiger partial charge in [0.05, 0.1) is 0 Å². The third-order valence-corrected chi connectivity index (χ3v) is 7.13. The molecular formula is C22H26N2O4S. The number of ether oxygens (including phenoxy) is 1. The quantitative estimate of drug-likeness (QED) is 0.676. The number of aromatic carboxylic acids is 1. The minimum absolute atomic E-state index is 0.0374. The lowest BCUT2D eigenvalue weighted by atomic mass is 10.00. The zero-order valence-corrected chi connectivity index (χ0v) is 17.2. The summed E-state index contributed by atoms with van der Waals surface area (Å²) in [4.78, 5) is 27.8. The number of carboxylic acids is 1. The van der Waals surface area contributed by atoms with Crippen molar-refractivity contribution in [3.8, 4) is 0 Å². The van der Waals surface area contributed by atoms with Crippen LogP contribution in [0.5, 0.6) is 0 Å². The Labute approximate surface area is 174 Å². The van der Waals surface area contributed by atoms with E-state index in [1.807, 2.05) is 30.3 Å². The number of esters is 1. The number of hydrogen-bond acceptors (Lipinski definition) is 6. The molecule has 0 spiro atoms. The SMILES string of the molecule is CN1C2CCC1CC(OC(=O)C(NCc1ccc(C(=O)O)s1)c1ccccc1)C2. The van der Waals surface area contributed by atoms with Gasteiger partial charge in [-0.15, -0.1) is 11.3 Å². The number of carbonyl (C=O) groups excluding carboxylic acids is 1. The molecule has 2 aromatic rings. The Morgan fingerprint density at radius 2 is 1.86 bits per heavy atom. The molecule has 1 aromatic carbocycles. The molecule has 29 heavy (non-hydrogen) atoms. The largest absolute Gasteiger partial charge is 0.477 e. The third kappa shape index (κ3) is 4.52. The van der Waals surface area contributed by atoms with E-state index < -0.39 is 12.0 Å². The molecule has 2 bridgehead atoms. The van der Waals surface area contributed by atoms with Gasteiger partial charge in [-0.05, 0) is 50.4 Å². The van der Waals surface area contributed by atoms with Crippen LogP contribution in [-0.2, 0) is 16.1 Å². The fourth-order valence-corrected chi connectivity index (χ4v) is 5.26. The van der Waals surface area contributed by atoms with Gasteiger partial charge < -0.3 is 14.7 Å². The van der Waals surface area contributed by atoms with Gasteiger partial charge in [-0.2, -0.15) is 0 Å². The maximum absolute atomic E-state index is 13.1. The molecule has 0 saturated carbocycles. The molecule has 0 amide bonds. The molecule has 1 aromatic heterocycles. The topological polar surface area (TPSA) is 78.9 Å². The summed E-state index contributed by atoms with van der Waals surface area (Å²) in [5, 5.41) is 12.4. The molecule has 2 N–H and O–H groups in total. The highest BCUT2D eigenvalue weighted by molar-refractivity contribution is 7.13. The first-order valence-corrected chi connectivity index (χ1v) is 10.9. The van der Waals surface area contributed by atoms with Crippen LogP contribution in [0.25, 0.3) is 0 Å². The van der Waals surface area contributed by atoms with Crippen LogP contribution in [-0.4, -0.2) is 47.2 Å². The lowest BCUT2D eigenvalue weighted by Gasteiger charge is -2.36. The number of thiophene rings is 1. The van der Waals surface area contributed by atoms with Crippen LogP contribution in [0.3, 0.4) is 0 Å². The molecule has 6 nitrogen and oxygen atoms in total. The number of piperidine rings is 1. The second kappa shape index (κ2) is 8.65. The molecular weight excluding hydrogens is 388 g/mol. The summed E-state index contributed by atoms with van der Waals surface area (Å²) in [5.74, 6) is -1.20. The molecule has 4 rings (SSSR count). The van der Waals surface area contributed by atoms with Crippen LogP contribution >= 0.6 is 11.3 Å². The molecule has 154 valence electrons. The molecule has 3 atom stereocenters. The summed E-state index contributed by atoms with van der Waals surface area (Å²) >= 11 is 1.21. The zero-order valence-electron chi connectivity index (χ0n) is 16.4. The number of nitrogens with zero attached hydrogens (tertiary/aromatic N) is 1. The summed E-state index contributed by atoms with van der Waals surface area (Å²) in [6.45, 7) is 0.408. The zero-order chi connectivity index (χ0) is 20.4. The Morgan fingerprint density at radius 1 is 1.17 bits per heavy atom. The van der Waals surface area contributed by atoms with Crippen molar-refractivity contribution in [3.05, 3.63) is 57.8 Å². The van der Waals surface area contributed by atoms with E-state index in [9.17, 15) is 9.59 Å². The second-order valence-electron chi connectivity index (χ2n) is 7.88. The summed E-state index contributed by atoms with van der Waals surface area (Å²) in [6, 6.07) is 13.4. The summed E-state index contributed by atoms with van der Waals surface area (Å²) in [7, 11) is 2.17. The third-order valence-electron chi connectivity index (χ3n) is 6.06. The highest BCUT2D eigenvalue weighted by Gasteiger charge is 2.40. The van der Waals surface area contributed by atoms with Crippen LogP contribution in [0.2, 0.25) is 0 Å². The lowest BCUT2D eigenvalue weighted by molar-refractivity contribution is -0.155. The minimum atomic E-state index is -0.933. The minimum Gasteiger partial charge on any atom is -0.477 e. The molecule has 7 heteroatoms. The number of fused-ring (bicyclic) bond motifs is 2. The molecule has 3 unspecified atom stereocenters. The summed E-state index contributed by atoms with van der Waals surface area (Å²) in [6.07, 6.45) is 4.12. The van der Waals surface area contributed by atoms with Gasteiger partial charge in [0, 0.05) is 23.5 Å². The Bertz CT molecular complexity index is 855. The van der Waals surface area contributed by atoms with Crippen molar-refractivity contribution in [2.75, 3.05) is 7.05 Å². The molecule has 2 aliphatic heterocycles. The smallest absolute Gasteiger partial charge is 0.345 e. The fourth-order valence-electron chi connectivity index (χ4n) is 4.46. The van der Waals surface area contributed by atoms with Crippen molar-refractivity contribution >= 4 is 23.3 Å². The number of rotatable bonds is 7. The maximum Gasteiger partial charge on any atom is 0.345 e. The average molecular weight is 415 g/mol. The first-order valence-electron chi connectivity index (χ1n) is 10.0. The number of carbonyl (C=O) groups is 2. The number of nitrogens with one attached hydrogen (secondary N) is 1. The van der Waals surface area contributed by atoms with Crippen LogP contribution in [0.4, 0.5) is 0 Å². The average Bonchev–Trinajstić information content (AvgIpc) is 3.25. The Hall–Kier alpha value is -2.22. The Balaban J connectivity index is 1.44. The second-order valence-corrected chi connectivity index (χ2v) is 9.04. The number of benzene rings is 1. The molecule has 0 aliphatic carbocycles. The number of carboxylic acid groups (broad SMARTS) is 1. The molecule has 2 aliphatic rings.